The van der Waals surface area contributed by atoms with Crippen LogP contribution >= 0.6 is 0 Å². The van der Waals surface area contributed by atoms with Crippen LogP contribution < -0.4 is 0 Å². The van der Waals surface area contributed by atoms with Crippen molar-refractivity contribution in [3.05, 3.63) is 0 Å². The van der Waals surface area contributed by atoms with Crippen molar-refractivity contribution in [1.29, 1.82) is 0 Å². The molecule has 1 saturated heterocycles. The van der Waals surface area contributed by atoms with Gasteiger partial charge in [-0.1, -0.05) is 0 Å². The molecule has 36 valence electrons. The third kappa shape index (κ3) is 1.18. The summed E-state index contributed by atoms with van der Waals surface area (Å²) in [6.07, 6.45) is 0. The molecule has 0 saturated carbocycles. The number of epoxide rings is 1. The Kier molecular flexibility index (Phi) is 1.60. The fourth-order valence-corrected chi connectivity index (χ4v) is 1.87. The second-order valence-corrected chi connectivity index (χ2v) is 7.81. The summed E-state index contributed by atoms with van der Waals surface area (Å²) < 4.78 is 5.74. The molecule has 2 heteroatoms. The molecular weight excluding hydrogens is 162 g/mol. The molecule has 1 fully saturated rings. The molecule has 1 atom stereocenters. The summed E-state index contributed by atoms with van der Waals surface area (Å²) in [5, 5.41) is 0. The molecule has 1 nitrogen and oxygen atoms in total. The minimum absolute atomic E-state index is 0.239. The maximum atomic E-state index is 5.38. The van der Waals surface area contributed by atoms with E-state index in [1.54, 1.807) is 0 Å². The molecule has 1 unspecified atom stereocenters. The van der Waals surface area contributed by atoms with Crippen LogP contribution in [0.1, 0.15) is 20.8 Å². The molecule has 1 aliphatic rings. The van der Waals surface area contributed by atoms with Crippen molar-refractivity contribution in [2.75, 3.05) is 0 Å². The molecule has 1 aliphatic heterocycles. The van der Waals surface area contributed by atoms with Crippen LogP contribution in [-0.4, -0.2) is 59.8 Å². The zero-order chi connectivity index (χ0) is 5.71. The van der Waals surface area contributed by atoms with Crippen LogP contribution in [0, 0.1) is 0 Å². The number of hydrogen-bond donors (Lipinski definition) is 0. The van der Waals surface area contributed by atoms with Gasteiger partial charge in [0.2, 0.25) is 0 Å². The van der Waals surface area contributed by atoms with Crippen LogP contribution in [0.3, 0.4) is 0 Å². The third-order valence-corrected chi connectivity index (χ3v) is 5.38. The topological polar surface area (TPSA) is 12.5 Å². The van der Waals surface area contributed by atoms with Crippen LogP contribution in [-0.2, 0) is 4.74 Å². The first-order chi connectivity index (χ1) is 2.96. The summed E-state index contributed by atoms with van der Waals surface area (Å²) in [4.78, 5) is 0. The molecule has 7 heavy (non-hydrogen) atoms. The van der Waals surface area contributed by atoms with E-state index in [4.69, 9.17) is 4.74 Å². The first-order valence-corrected chi connectivity index (χ1v) is 5.12. The van der Waals surface area contributed by atoms with E-state index in [0.29, 0.717) is 54.2 Å². The second-order valence-electron chi connectivity index (χ2n) is 3.12. The zero-order valence-corrected chi connectivity index (χ0v) is 10.3. The van der Waals surface area contributed by atoms with E-state index in [0.717, 1.165) is 0 Å². The summed E-state index contributed by atoms with van der Waals surface area (Å²) in [5.74, 6) is 0. The van der Waals surface area contributed by atoms with Gasteiger partial charge in [0.05, 0.1) is 0 Å². The SMILES string of the molecule is CC1(C)O[C]1(C)[Rb]. The van der Waals surface area contributed by atoms with Crippen molar-refractivity contribution in [3.63, 3.8) is 0 Å². The van der Waals surface area contributed by atoms with E-state index in [-0.39, 0.29) is 5.60 Å². The van der Waals surface area contributed by atoms with Crippen LogP contribution in [0.25, 0.3) is 0 Å². The Morgan fingerprint density at radius 3 is 1.43 bits per heavy atom. The average molecular weight is 171 g/mol. The monoisotopic (exact) mass is 170 g/mol. The Labute approximate surface area is 83.5 Å². The van der Waals surface area contributed by atoms with Gasteiger partial charge in [-0.25, -0.2) is 0 Å². The van der Waals surface area contributed by atoms with Gasteiger partial charge in [-0.05, 0) is 0 Å². The standard InChI is InChI=1S/C5H9O.Rb/c1-4-5(2,3)6-4;/h1-3H3;. The Hall–Kier alpha value is 1.77. The van der Waals surface area contributed by atoms with Crippen molar-refractivity contribution < 1.29 is 4.74 Å². The van der Waals surface area contributed by atoms with Gasteiger partial charge in [0.15, 0.2) is 0 Å². The van der Waals surface area contributed by atoms with Gasteiger partial charge < -0.3 is 0 Å². The first-order valence-electron chi connectivity index (χ1n) is 2.66. The van der Waals surface area contributed by atoms with Gasteiger partial charge in [-0.15, -0.1) is 0 Å². The Balaban J connectivity index is 2.59. The van der Waals surface area contributed by atoms with Crippen molar-refractivity contribution in [2.24, 2.45) is 0 Å². The van der Waals surface area contributed by atoms with Crippen molar-refractivity contribution in [1.82, 2.24) is 0 Å². The molecule has 0 bridgehead atoms. The van der Waals surface area contributed by atoms with E-state index < -0.39 is 0 Å². The molecule has 1 rings (SSSR count). The normalized spacial score (nSPS) is 46.4. The van der Waals surface area contributed by atoms with Gasteiger partial charge in [0.1, 0.15) is 0 Å². The molecule has 0 amide bonds. The summed E-state index contributed by atoms with van der Waals surface area (Å²) in [6, 6.07) is 0. The van der Waals surface area contributed by atoms with E-state index in [1.807, 2.05) is 0 Å². The summed E-state index contributed by atoms with van der Waals surface area (Å²) in [7, 11) is 0. The van der Waals surface area contributed by atoms with Crippen molar-refractivity contribution in [2.45, 2.75) is 25.0 Å². The molecule has 0 aliphatic carbocycles. The quantitative estimate of drug-likeness (QED) is 0.487. The predicted octanol–water partition coefficient (Wildman–Crippen LogP) is 0.680. The predicted molar refractivity (Wildman–Crippen MR) is 29.3 cm³/mol. The number of ether oxygens (including phenoxy) is 1. The van der Waals surface area contributed by atoms with E-state index >= 15 is 0 Å². The van der Waals surface area contributed by atoms with Gasteiger partial charge >= 0.3 is 85.3 Å². The number of rotatable bonds is 0. The first kappa shape index (κ1) is 6.88. The van der Waals surface area contributed by atoms with Gasteiger partial charge in [-0.3, -0.25) is 0 Å². The van der Waals surface area contributed by atoms with Crippen molar-refractivity contribution >= 4 is 55.5 Å². The second kappa shape index (κ2) is 1.63. The van der Waals surface area contributed by atoms with Gasteiger partial charge in [0.25, 0.3) is 0 Å². The molecule has 0 aromatic heterocycles. The van der Waals surface area contributed by atoms with Crippen LogP contribution in [0.15, 0.2) is 0 Å². The molecule has 0 spiro atoms. The zero-order valence-electron chi connectivity index (χ0n) is 5.41. The molecular formula is C5H9ORb. The Bertz CT molecular complexity index is 84.3. The van der Waals surface area contributed by atoms with Crippen molar-refractivity contribution in [3.8, 4) is 0 Å². The average Bonchev–Trinajstić information content (AvgIpc) is 1.63. The van der Waals surface area contributed by atoms with Crippen LogP contribution in [0.4, 0.5) is 0 Å². The van der Waals surface area contributed by atoms with Crippen LogP contribution in [0.5, 0.6) is 0 Å². The maximum absolute atomic E-state index is 5.38. The minimum atomic E-state index is 0.239. The summed E-state index contributed by atoms with van der Waals surface area (Å²) >= 11 is 0.669. The molecule has 0 radical (unpaired) electrons. The molecule has 0 N–H and O–H groups in total. The van der Waals surface area contributed by atoms with Gasteiger partial charge in [-0.2, -0.15) is 0 Å². The third-order valence-electron chi connectivity index (χ3n) is 1.92. The summed E-state index contributed by atoms with van der Waals surface area (Å²) in [5.41, 5.74) is 0.239. The molecule has 0 aromatic rings. The van der Waals surface area contributed by atoms with E-state index in [2.05, 4.69) is 20.8 Å². The van der Waals surface area contributed by atoms with E-state index in [9.17, 15) is 0 Å². The van der Waals surface area contributed by atoms with Crippen LogP contribution in [0.2, 0.25) is 0 Å². The molecule has 0 aromatic carbocycles. The number of hydrogen-bond acceptors (Lipinski definition) is 1. The fourth-order valence-electron chi connectivity index (χ4n) is 0.612. The molecule has 1 heterocycles. The van der Waals surface area contributed by atoms with E-state index in [1.165, 1.54) is 0 Å². The fraction of sp³-hybridized carbons (Fsp3) is 1.00. The van der Waals surface area contributed by atoms with Gasteiger partial charge in [0, 0.05) is 0 Å². The Morgan fingerprint density at radius 1 is 1.29 bits per heavy atom. The Morgan fingerprint density at radius 2 is 1.43 bits per heavy atom. The summed E-state index contributed by atoms with van der Waals surface area (Å²) in [6.45, 7) is 6.51.